The lowest BCUT2D eigenvalue weighted by Gasteiger charge is -2.36. The monoisotopic (exact) mass is 499 g/mol. The lowest BCUT2D eigenvalue weighted by molar-refractivity contribution is -0.139. The molecule has 2 saturated heterocycles. The van der Waals surface area contributed by atoms with E-state index in [1.54, 1.807) is 12.1 Å². The maximum atomic E-state index is 13.3. The van der Waals surface area contributed by atoms with Gasteiger partial charge in [0.15, 0.2) is 11.5 Å². The fourth-order valence-electron chi connectivity index (χ4n) is 4.78. The highest BCUT2D eigenvalue weighted by Gasteiger charge is 2.43. The van der Waals surface area contributed by atoms with Crippen molar-refractivity contribution in [1.82, 2.24) is 14.1 Å². The van der Waals surface area contributed by atoms with Gasteiger partial charge in [-0.3, -0.25) is 19.4 Å². The minimum atomic E-state index is -3.72. The quantitative estimate of drug-likeness (QED) is 0.556. The SMILES string of the molecule is O=C1C[C@@H](N2CCN(S(=O)(=O)c3ccc4c(c3)OCCCO4)CC2)C(=O)N1CCc1ccccc1. The molecular weight excluding hydrogens is 470 g/mol. The number of sulfonamides is 1. The topological polar surface area (TPSA) is 96.5 Å². The van der Waals surface area contributed by atoms with Crippen molar-refractivity contribution < 1.29 is 27.5 Å². The van der Waals surface area contributed by atoms with Gasteiger partial charge in [-0.15, -0.1) is 0 Å². The van der Waals surface area contributed by atoms with E-state index in [4.69, 9.17) is 9.47 Å². The summed E-state index contributed by atoms with van der Waals surface area (Å²) in [5, 5.41) is 0. The third-order valence-corrected chi connectivity index (χ3v) is 8.65. The number of benzene rings is 2. The second kappa shape index (κ2) is 9.96. The second-order valence-electron chi connectivity index (χ2n) is 8.94. The minimum absolute atomic E-state index is 0.141. The average Bonchev–Trinajstić information content (AvgIpc) is 3.02. The minimum Gasteiger partial charge on any atom is -0.490 e. The fourth-order valence-corrected chi connectivity index (χ4v) is 6.22. The highest BCUT2D eigenvalue weighted by atomic mass is 32.2. The number of hydrogen-bond acceptors (Lipinski definition) is 7. The molecule has 5 rings (SSSR count). The van der Waals surface area contributed by atoms with Crippen molar-refractivity contribution in [1.29, 1.82) is 0 Å². The molecule has 0 aromatic heterocycles. The second-order valence-corrected chi connectivity index (χ2v) is 10.9. The molecule has 0 N–H and O–H groups in total. The standard InChI is InChI=1S/C25H29N3O6S/c29-24-18-21(25(30)28(24)10-9-19-5-2-1-3-6-19)26-11-13-27(14-12-26)35(31,32)20-7-8-22-23(17-20)34-16-4-15-33-22/h1-3,5-8,17,21H,4,9-16,18H2/t21-/m1/s1. The zero-order valence-electron chi connectivity index (χ0n) is 19.5. The largest absolute Gasteiger partial charge is 0.490 e. The molecule has 0 radical (unpaired) electrons. The van der Waals surface area contributed by atoms with Crippen LogP contribution >= 0.6 is 0 Å². The summed E-state index contributed by atoms with van der Waals surface area (Å²) in [5.41, 5.74) is 1.07. The average molecular weight is 500 g/mol. The molecule has 0 bridgehead atoms. The van der Waals surface area contributed by atoms with Crippen LogP contribution in [0.3, 0.4) is 0 Å². The molecule has 3 heterocycles. The Morgan fingerprint density at radius 3 is 2.34 bits per heavy atom. The Bertz CT molecular complexity index is 1190. The summed E-state index contributed by atoms with van der Waals surface area (Å²) >= 11 is 0. The first-order valence-electron chi connectivity index (χ1n) is 12.0. The number of carbonyl (C=O) groups is 2. The number of imide groups is 1. The number of likely N-dealkylation sites (tertiary alicyclic amines) is 1. The summed E-state index contributed by atoms with van der Waals surface area (Å²) in [7, 11) is -3.72. The molecule has 2 aromatic rings. The van der Waals surface area contributed by atoms with Gasteiger partial charge in [0.25, 0.3) is 0 Å². The van der Waals surface area contributed by atoms with Crippen LogP contribution in [0.25, 0.3) is 0 Å². The van der Waals surface area contributed by atoms with Crippen molar-refractivity contribution in [2.45, 2.75) is 30.2 Å². The molecule has 0 spiro atoms. The lowest BCUT2D eigenvalue weighted by Crippen LogP contribution is -2.53. The van der Waals surface area contributed by atoms with Crippen molar-refractivity contribution >= 4 is 21.8 Å². The Hall–Kier alpha value is -2.95. The summed E-state index contributed by atoms with van der Waals surface area (Å²) in [5.74, 6) is 0.628. The van der Waals surface area contributed by atoms with Crippen LogP contribution < -0.4 is 9.47 Å². The molecule has 9 nitrogen and oxygen atoms in total. The molecule has 3 aliphatic rings. The number of piperazine rings is 1. The highest BCUT2D eigenvalue weighted by molar-refractivity contribution is 7.89. The number of nitrogens with zero attached hydrogens (tertiary/aromatic N) is 3. The van der Waals surface area contributed by atoms with Crippen molar-refractivity contribution in [2.24, 2.45) is 0 Å². The summed E-state index contributed by atoms with van der Waals surface area (Å²) < 4.78 is 39.2. The van der Waals surface area contributed by atoms with Gasteiger partial charge >= 0.3 is 0 Å². The van der Waals surface area contributed by atoms with Gasteiger partial charge in [0.1, 0.15) is 0 Å². The van der Waals surface area contributed by atoms with Gasteiger partial charge in [-0.05, 0) is 24.1 Å². The third kappa shape index (κ3) is 4.91. The van der Waals surface area contributed by atoms with Crippen LogP contribution in [-0.2, 0) is 26.0 Å². The van der Waals surface area contributed by atoms with Gasteiger partial charge in [0.05, 0.1) is 30.6 Å². The van der Waals surface area contributed by atoms with Crippen LogP contribution in [0.1, 0.15) is 18.4 Å². The van der Waals surface area contributed by atoms with Crippen molar-refractivity contribution in [3.63, 3.8) is 0 Å². The molecule has 35 heavy (non-hydrogen) atoms. The number of fused-ring (bicyclic) bond motifs is 1. The van der Waals surface area contributed by atoms with Crippen LogP contribution in [0.5, 0.6) is 11.5 Å². The first-order valence-corrected chi connectivity index (χ1v) is 13.4. The normalized spacial score (nSPS) is 21.8. The number of hydrogen-bond donors (Lipinski definition) is 0. The van der Waals surface area contributed by atoms with E-state index in [1.165, 1.54) is 15.3 Å². The van der Waals surface area contributed by atoms with Gasteiger partial charge in [0, 0.05) is 45.2 Å². The van der Waals surface area contributed by atoms with Crippen molar-refractivity contribution in [2.75, 3.05) is 45.9 Å². The Morgan fingerprint density at radius 2 is 1.60 bits per heavy atom. The van der Waals surface area contributed by atoms with E-state index >= 15 is 0 Å². The molecule has 10 heteroatoms. The maximum absolute atomic E-state index is 13.3. The van der Waals surface area contributed by atoms with E-state index in [-0.39, 0.29) is 36.2 Å². The molecule has 2 amide bonds. The Balaban J connectivity index is 1.20. The summed E-state index contributed by atoms with van der Waals surface area (Å²) in [6.07, 6.45) is 1.50. The fraction of sp³-hybridized carbons (Fsp3) is 0.440. The van der Waals surface area contributed by atoms with Gasteiger partial charge < -0.3 is 9.47 Å². The van der Waals surface area contributed by atoms with Gasteiger partial charge in [-0.25, -0.2) is 8.42 Å². The van der Waals surface area contributed by atoms with E-state index in [1.807, 2.05) is 35.2 Å². The molecular formula is C25H29N3O6S. The maximum Gasteiger partial charge on any atom is 0.247 e. The van der Waals surface area contributed by atoms with Crippen LogP contribution in [0.4, 0.5) is 0 Å². The van der Waals surface area contributed by atoms with Crippen LogP contribution in [-0.4, -0.2) is 86.3 Å². The number of amides is 2. The van der Waals surface area contributed by atoms with Gasteiger partial charge in [-0.1, -0.05) is 30.3 Å². The molecule has 0 saturated carbocycles. The van der Waals surface area contributed by atoms with Crippen molar-refractivity contribution in [3.05, 3.63) is 54.1 Å². The number of rotatable bonds is 6. The summed E-state index contributed by atoms with van der Waals surface area (Å²) in [4.78, 5) is 29.0. The third-order valence-electron chi connectivity index (χ3n) is 6.76. The Morgan fingerprint density at radius 1 is 0.886 bits per heavy atom. The zero-order valence-corrected chi connectivity index (χ0v) is 20.3. The zero-order chi connectivity index (χ0) is 24.4. The van der Waals surface area contributed by atoms with Crippen LogP contribution in [0, 0.1) is 0 Å². The summed E-state index contributed by atoms with van der Waals surface area (Å²) in [6.45, 7) is 2.65. The van der Waals surface area contributed by atoms with E-state index in [9.17, 15) is 18.0 Å². The van der Waals surface area contributed by atoms with E-state index < -0.39 is 16.1 Å². The molecule has 2 aromatic carbocycles. The van der Waals surface area contributed by atoms with Crippen LogP contribution in [0.15, 0.2) is 53.4 Å². The van der Waals surface area contributed by atoms with E-state index in [2.05, 4.69) is 0 Å². The van der Waals surface area contributed by atoms with E-state index in [0.29, 0.717) is 50.8 Å². The van der Waals surface area contributed by atoms with Gasteiger partial charge in [0.2, 0.25) is 21.8 Å². The molecule has 0 aliphatic carbocycles. The predicted octanol–water partition coefficient (Wildman–Crippen LogP) is 1.52. The van der Waals surface area contributed by atoms with Gasteiger partial charge in [-0.2, -0.15) is 4.31 Å². The van der Waals surface area contributed by atoms with Crippen LogP contribution in [0.2, 0.25) is 0 Å². The summed E-state index contributed by atoms with van der Waals surface area (Å²) in [6, 6.07) is 13.9. The molecule has 1 atom stereocenters. The highest BCUT2D eigenvalue weighted by Crippen LogP contribution is 2.33. The first kappa shape index (κ1) is 23.8. The smallest absolute Gasteiger partial charge is 0.247 e. The van der Waals surface area contributed by atoms with E-state index in [0.717, 1.165) is 12.0 Å². The molecule has 186 valence electrons. The Kier molecular flexibility index (Phi) is 6.77. The predicted molar refractivity (Wildman–Crippen MR) is 128 cm³/mol. The lowest BCUT2D eigenvalue weighted by atomic mass is 10.1. The molecule has 3 aliphatic heterocycles. The molecule has 2 fully saturated rings. The Labute approximate surface area is 205 Å². The molecule has 0 unspecified atom stereocenters. The first-order chi connectivity index (χ1) is 16.9. The number of carbonyl (C=O) groups excluding carboxylic acids is 2. The number of ether oxygens (including phenoxy) is 2. The van der Waals surface area contributed by atoms with Crippen molar-refractivity contribution in [3.8, 4) is 11.5 Å².